The van der Waals surface area contributed by atoms with E-state index >= 15 is 0 Å². The average Bonchev–Trinajstić information content (AvgIpc) is 3.33. The lowest BCUT2D eigenvalue weighted by atomic mass is 10.1. The number of carbonyl (C=O) groups excluding carboxylic acids is 1. The second-order valence-electron chi connectivity index (χ2n) is 8.09. The second-order valence-corrected chi connectivity index (χ2v) is 10.2. The van der Waals surface area contributed by atoms with Gasteiger partial charge in [0, 0.05) is 42.5 Å². The summed E-state index contributed by atoms with van der Waals surface area (Å²) in [5.41, 5.74) is -2.26. The van der Waals surface area contributed by atoms with E-state index in [1.807, 2.05) is 0 Å². The summed E-state index contributed by atoms with van der Waals surface area (Å²) in [5.74, 6) is -2.24. The minimum Gasteiger partial charge on any atom is -0.324 e. The lowest BCUT2D eigenvalue weighted by Gasteiger charge is -2.14. The SMILES string of the molecule is Cn1cc(-c2cnc(Nc3ccc(F)c(Cl)c3)nc2-n2ccc(C(F)(F)F)n2)cc(C(=O)NS(C)(=O)=O)c1=O. The van der Waals surface area contributed by atoms with Crippen molar-refractivity contribution in [1.29, 1.82) is 0 Å². The van der Waals surface area contributed by atoms with Gasteiger partial charge in [-0.3, -0.25) is 9.59 Å². The van der Waals surface area contributed by atoms with Gasteiger partial charge in [-0.05, 0) is 30.3 Å². The fourth-order valence-electron chi connectivity index (χ4n) is 3.35. The van der Waals surface area contributed by atoms with Crippen LogP contribution in [0.5, 0.6) is 0 Å². The summed E-state index contributed by atoms with van der Waals surface area (Å²) in [6.07, 6.45) is -0.614. The van der Waals surface area contributed by atoms with E-state index in [1.54, 1.807) is 4.72 Å². The number of hydrogen-bond donors (Lipinski definition) is 2. The summed E-state index contributed by atoms with van der Waals surface area (Å²) in [6, 6.07) is 5.41. The molecule has 4 aromatic rings. The maximum Gasteiger partial charge on any atom is 0.435 e. The molecular formula is C22H16ClF4N7O4S. The number of aromatic nitrogens is 5. The monoisotopic (exact) mass is 585 g/mol. The predicted molar refractivity (Wildman–Crippen MR) is 132 cm³/mol. The Labute approximate surface area is 222 Å². The predicted octanol–water partition coefficient (Wildman–Crippen LogP) is 3.27. The Morgan fingerprint density at radius 2 is 1.87 bits per heavy atom. The largest absolute Gasteiger partial charge is 0.435 e. The Balaban J connectivity index is 1.88. The number of hydrogen-bond acceptors (Lipinski definition) is 8. The number of aryl methyl sites for hydroxylation is 1. The fourth-order valence-corrected chi connectivity index (χ4v) is 3.98. The van der Waals surface area contributed by atoms with Crippen LogP contribution in [0.1, 0.15) is 16.1 Å². The van der Waals surface area contributed by atoms with Crippen LogP contribution in [0, 0.1) is 5.82 Å². The smallest absolute Gasteiger partial charge is 0.324 e. The van der Waals surface area contributed by atoms with Crippen LogP contribution in [-0.4, -0.2) is 44.9 Å². The summed E-state index contributed by atoms with van der Waals surface area (Å²) in [6.45, 7) is 0. The number of sulfonamides is 1. The van der Waals surface area contributed by atoms with E-state index in [9.17, 15) is 35.6 Å². The maximum atomic E-state index is 13.5. The van der Waals surface area contributed by atoms with Crippen molar-refractivity contribution in [2.24, 2.45) is 7.05 Å². The Morgan fingerprint density at radius 3 is 2.49 bits per heavy atom. The van der Waals surface area contributed by atoms with Crippen molar-refractivity contribution in [3.63, 3.8) is 0 Å². The zero-order valence-electron chi connectivity index (χ0n) is 19.8. The van der Waals surface area contributed by atoms with Crippen molar-refractivity contribution in [2.45, 2.75) is 6.18 Å². The number of benzene rings is 1. The van der Waals surface area contributed by atoms with E-state index < -0.39 is 44.7 Å². The number of amides is 1. The minimum absolute atomic E-state index is 0.0264. The van der Waals surface area contributed by atoms with Crippen molar-refractivity contribution in [3.8, 4) is 16.9 Å². The highest BCUT2D eigenvalue weighted by Crippen LogP contribution is 2.31. The molecule has 4 rings (SSSR count). The van der Waals surface area contributed by atoms with E-state index in [0.29, 0.717) is 6.07 Å². The topological polar surface area (TPSA) is 141 Å². The Kier molecular flexibility index (Phi) is 7.18. The molecule has 0 aliphatic rings. The number of nitrogens with one attached hydrogen (secondary N) is 2. The number of halogens is 5. The first kappa shape index (κ1) is 27.7. The molecule has 0 aliphatic carbocycles. The van der Waals surface area contributed by atoms with Gasteiger partial charge in [-0.25, -0.2) is 27.2 Å². The van der Waals surface area contributed by atoms with Crippen LogP contribution >= 0.6 is 11.6 Å². The van der Waals surface area contributed by atoms with Crippen LogP contribution in [0.2, 0.25) is 5.02 Å². The molecule has 3 aromatic heterocycles. The molecule has 1 aromatic carbocycles. The first-order chi connectivity index (χ1) is 18.1. The van der Waals surface area contributed by atoms with Crippen LogP contribution in [0.4, 0.5) is 29.2 Å². The number of nitrogens with zero attached hydrogens (tertiary/aromatic N) is 5. The minimum atomic E-state index is -4.77. The molecule has 0 bridgehead atoms. The third-order valence-corrected chi connectivity index (χ3v) is 5.90. The van der Waals surface area contributed by atoms with Gasteiger partial charge in [0.05, 0.1) is 11.3 Å². The number of alkyl halides is 3. The van der Waals surface area contributed by atoms with Gasteiger partial charge in [-0.1, -0.05) is 11.6 Å². The Bertz CT molecular complexity index is 1770. The summed E-state index contributed by atoms with van der Waals surface area (Å²) in [5, 5.41) is 6.08. The average molecular weight is 586 g/mol. The van der Waals surface area contributed by atoms with Crippen molar-refractivity contribution in [1.82, 2.24) is 29.0 Å². The fraction of sp³-hybridized carbons (Fsp3) is 0.136. The molecule has 0 fully saturated rings. The van der Waals surface area contributed by atoms with E-state index in [1.165, 1.54) is 31.6 Å². The third-order valence-electron chi connectivity index (χ3n) is 5.06. The zero-order chi connectivity index (χ0) is 28.7. The number of carbonyl (C=O) groups is 1. The van der Waals surface area contributed by atoms with E-state index in [-0.39, 0.29) is 33.6 Å². The highest BCUT2D eigenvalue weighted by atomic mass is 35.5. The third kappa shape index (κ3) is 6.23. The van der Waals surface area contributed by atoms with Gasteiger partial charge in [0.25, 0.3) is 11.5 Å². The van der Waals surface area contributed by atoms with Gasteiger partial charge >= 0.3 is 6.18 Å². The van der Waals surface area contributed by atoms with Crippen molar-refractivity contribution in [3.05, 3.63) is 81.4 Å². The van der Waals surface area contributed by atoms with E-state index in [0.717, 1.165) is 33.8 Å². The highest BCUT2D eigenvalue weighted by Gasteiger charge is 2.34. The van der Waals surface area contributed by atoms with Crippen LogP contribution in [0.15, 0.2) is 53.7 Å². The van der Waals surface area contributed by atoms with Crippen molar-refractivity contribution < 1.29 is 30.8 Å². The molecule has 11 nitrogen and oxygen atoms in total. The van der Waals surface area contributed by atoms with Crippen LogP contribution in [0.3, 0.4) is 0 Å². The molecule has 0 radical (unpaired) electrons. The molecule has 0 aliphatic heterocycles. The number of rotatable bonds is 6. The molecule has 0 unspecified atom stereocenters. The molecule has 0 saturated carbocycles. The molecule has 204 valence electrons. The molecule has 0 spiro atoms. The van der Waals surface area contributed by atoms with Gasteiger partial charge in [-0.15, -0.1) is 0 Å². The van der Waals surface area contributed by atoms with Crippen LogP contribution in [0.25, 0.3) is 16.9 Å². The summed E-state index contributed by atoms with van der Waals surface area (Å²) in [7, 11) is -2.73. The van der Waals surface area contributed by atoms with Gasteiger partial charge < -0.3 is 9.88 Å². The first-order valence-corrected chi connectivity index (χ1v) is 12.8. The maximum absolute atomic E-state index is 13.5. The van der Waals surface area contributed by atoms with Gasteiger partial charge in [0.1, 0.15) is 11.4 Å². The molecule has 1 amide bonds. The summed E-state index contributed by atoms with van der Waals surface area (Å²) in [4.78, 5) is 33.4. The summed E-state index contributed by atoms with van der Waals surface area (Å²) >= 11 is 5.79. The van der Waals surface area contributed by atoms with Gasteiger partial charge in [-0.2, -0.15) is 23.3 Å². The molecule has 17 heteroatoms. The quantitative estimate of drug-likeness (QED) is 0.329. The molecule has 3 heterocycles. The second kappa shape index (κ2) is 10.1. The Morgan fingerprint density at radius 1 is 1.15 bits per heavy atom. The van der Waals surface area contributed by atoms with E-state index in [4.69, 9.17) is 11.6 Å². The lowest BCUT2D eigenvalue weighted by molar-refractivity contribution is -0.141. The van der Waals surface area contributed by atoms with E-state index in [2.05, 4.69) is 20.4 Å². The Hall–Kier alpha value is -4.31. The highest BCUT2D eigenvalue weighted by molar-refractivity contribution is 7.89. The van der Waals surface area contributed by atoms with Crippen molar-refractivity contribution >= 4 is 39.2 Å². The lowest BCUT2D eigenvalue weighted by Crippen LogP contribution is -2.35. The molecular weight excluding hydrogens is 570 g/mol. The normalized spacial score (nSPS) is 11.9. The molecule has 2 N–H and O–H groups in total. The van der Waals surface area contributed by atoms with Gasteiger partial charge in [0.2, 0.25) is 16.0 Å². The molecule has 0 saturated heterocycles. The van der Waals surface area contributed by atoms with Crippen molar-refractivity contribution in [2.75, 3.05) is 11.6 Å². The first-order valence-electron chi connectivity index (χ1n) is 10.6. The standard InChI is InChI=1S/C22H16ClF4N7O4S/c1-33-10-11(7-13(20(33)36)19(35)32-39(2,37)38)14-9-28-21(29-12-3-4-16(24)15(23)8-12)30-18(14)34-6-5-17(31-34)22(25,26)27/h3-10H,1-2H3,(H,32,35)(H,28,29,30). The number of pyridine rings is 1. The zero-order valence-corrected chi connectivity index (χ0v) is 21.4. The summed E-state index contributed by atoms with van der Waals surface area (Å²) < 4.78 is 79.8. The molecule has 0 atom stereocenters. The molecule has 39 heavy (non-hydrogen) atoms. The van der Waals surface area contributed by atoms with Gasteiger partial charge in [0.15, 0.2) is 11.5 Å². The van der Waals surface area contributed by atoms with Crippen LogP contribution in [-0.2, 0) is 23.2 Å². The van der Waals surface area contributed by atoms with Crippen LogP contribution < -0.4 is 15.6 Å². The number of anilines is 2.